The molecule has 1 aromatic carbocycles. The van der Waals surface area contributed by atoms with Crippen LogP contribution in [0.2, 0.25) is 0 Å². The van der Waals surface area contributed by atoms with Crippen molar-refractivity contribution in [3.05, 3.63) is 24.3 Å². The summed E-state index contributed by atoms with van der Waals surface area (Å²) in [4.78, 5) is 2.36. The van der Waals surface area contributed by atoms with E-state index in [9.17, 15) is 5.11 Å². The van der Waals surface area contributed by atoms with E-state index in [0.717, 1.165) is 18.8 Å². The number of aliphatic hydroxyl groups excluding tert-OH is 1. The second-order valence-electron chi connectivity index (χ2n) is 5.44. The van der Waals surface area contributed by atoms with Crippen molar-refractivity contribution in [1.29, 1.82) is 0 Å². The minimum Gasteiger partial charge on any atom is -0.392 e. The fourth-order valence-corrected chi connectivity index (χ4v) is 2.44. The zero-order valence-electron chi connectivity index (χ0n) is 12.0. The van der Waals surface area contributed by atoms with Gasteiger partial charge in [0.25, 0.3) is 0 Å². The predicted molar refractivity (Wildman–Crippen MR) is 78.8 cm³/mol. The van der Waals surface area contributed by atoms with E-state index in [1.165, 1.54) is 5.69 Å². The molecule has 0 bridgehead atoms. The summed E-state index contributed by atoms with van der Waals surface area (Å²) >= 11 is 0. The highest BCUT2D eigenvalue weighted by molar-refractivity contribution is 5.55. The second kappa shape index (κ2) is 6.26. The van der Waals surface area contributed by atoms with Crippen LogP contribution in [0, 0.1) is 0 Å². The Bertz CT molecular complexity index is 382. The van der Waals surface area contributed by atoms with Crippen molar-refractivity contribution < 1.29 is 9.84 Å². The Hall–Kier alpha value is -1.26. The van der Waals surface area contributed by atoms with Gasteiger partial charge in [0.2, 0.25) is 0 Å². The fourth-order valence-electron chi connectivity index (χ4n) is 2.44. The van der Waals surface area contributed by atoms with Crippen LogP contribution >= 0.6 is 0 Å². The monoisotopic (exact) mass is 264 g/mol. The number of nitrogens with one attached hydrogen (secondary N) is 1. The van der Waals surface area contributed by atoms with Crippen molar-refractivity contribution in [3.63, 3.8) is 0 Å². The predicted octanol–water partition coefficient (Wildman–Crippen LogP) is 2.09. The lowest BCUT2D eigenvalue weighted by atomic mass is 10.2. The van der Waals surface area contributed by atoms with Crippen LogP contribution in [0.5, 0.6) is 0 Å². The van der Waals surface area contributed by atoms with Gasteiger partial charge < -0.3 is 20.1 Å². The molecule has 4 nitrogen and oxygen atoms in total. The van der Waals surface area contributed by atoms with E-state index in [2.05, 4.69) is 48.3 Å². The van der Waals surface area contributed by atoms with Crippen LogP contribution < -0.4 is 10.2 Å². The third kappa shape index (κ3) is 4.11. The molecular formula is C15H24N2O2. The van der Waals surface area contributed by atoms with Crippen molar-refractivity contribution in [2.75, 3.05) is 29.9 Å². The molecule has 1 heterocycles. The fraction of sp³-hybridized carbons (Fsp3) is 0.600. The van der Waals surface area contributed by atoms with Gasteiger partial charge in [0, 0.05) is 31.0 Å². The van der Waals surface area contributed by atoms with E-state index >= 15 is 0 Å². The Morgan fingerprint density at radius 2 is 1.84 bits per heavy atom. The van der Waals surface area contributed by atoms with Crippen molar-refractivity contribution in [2.24, 2.45) is 0 Å². The van der Waals surface area contributed by atoms with Crippen molar-refractivity contribution in [1.82, 2.24) is 0 Å². The molecule has 1 fully saturated rings. The minimum absolute atomic E-state index is 0.275. The molecule has 0 radical (unpaired) electrons. The molecule has 1 saturated heterocycles. The number of rotatable bonds is 4. The molecule has 1 unspecified atom stereocenters. The summed E-state index contributed by atoms with van der Waals surface area (Å²) in [6.45, 7) is 8.45. The van der Waals surface area contributed by atoms with Crippen LogP contribution in [0.3, 0.4) is 0 Å². The molecule has 106 valence electrons. The van der Waals surface area contributed by atoms with Crippen LogP contribution in [-0.4, -0.2) is 43.1 Å². The number of ether oxygens (including phenoxy) is 1. The molecule has 0 aromatic heterocycles. The van der Waals surface area contributed by atoms with Crippen molar-refractivity contribution >= 4 is 11.4 Å². The summed E-state index contributed by atoms with van der Waals surface area (Å²) in [5.74, 6) is 0. The molecule has 1 aromatic rings. The van der Waals surface area contributed by atoms with Gasteiger partial charge in [-0.2, -0.15) is 0 Å². The van der Waals surface area contributed by atoms with E-state index in [1.807, 2.05) is 0 Å². The summed E-state index contributed by atoms with van der Waals surface area (Å²) in [6.07, 6.45) is 0.217. The number of hydrogen-bond acceptors (Lipinski definition) is 4. The normalized spacial score (nSPS) is 25.2. The highest BCUT2D eigenvalue weighted by Crippen LogP contribution is 2.22. The summed E-state index contributed by atoms with van der Waals surface area (Å²) in [6, 6.07) is 8.36. The molecule has 0 spiro atoms. The van der Waals surface area contributed by atoms with Gasteiger partial charge >= 0.3 is 0 Å². The first-order valence-electron chi connectivity index (χ1n) is 6.97. The van der Waals surface area contributed by atoms with Gasteiger partial charge in [-0.15, -0.1) is 0 Å². The maximum atomic E-state index is 9.25. The first kappa shape index (κ1) is 14.2. The number of aliphatic hydroxyl groups is 1. The highest BCUT2D eigenvalue weighted by atomic mass is 16.5. The summed E-state index contributed by atoms with van der Waals surface area (Å²) in [5.41, 5.74) is 2.27. The summed E-state index contributed by atoms with van der Waals surface area (Å²) < 4.78 is 5.74. The molecule has 19 heavy (non-hydrogen) atoms. The molecule has 1 aliphatic heterocycles. The van der Waals surface area contributed by atoms with Gasteiger partial charge in [0.15, 0.2) is 0 Å². The number of anilines is 2. The minimum atomic E-state index is -0.333. The first-order chi connectivity index (χ1) is 9.04. The van der Waals surface area contributed by atoms with Gasteiger partial charge in [-0.3, -0.25) is 0 Å². The van der Waals surface area contributed by atoms with E-state index in [0.29, 0.717) is 6.54 Å². The van der Waals surface area contributed by atoms with E-state index < -0.39 is 0 Å². The van der Waals surface area contributed by atoms with Gasteiger partial charge in [-0.1, -0.05) is 0 Å². The zero-order valence-corrected chi connectivity index (χ0v) is 12.0. The molecular weight excluding hydrogens is 240 g/mol. The molecule has 1 aliphatic rings. The molecule has 4 heteroatoms. The maximum absolute atomic E-state index is 9.25. The van der Waals surface area contributed by atoms with Gasteiger partial charge in [0.05, 0.1) is 18.3 Å². The van der Waals surface area contributed by atoms with E-state index in [-0.39, 0.29) is 18.3 Å². The lowest BCUT2D eigenvalue weighted by molar-refractivity contribution is -0.00521. The van der Waals surface area contributed by atoms with Gasteiger partial charge in [-0.25, -0.2) is 0 Å². The van der Waals surface area contributed by atoms with Gasteiger partial charge in [-0.05, 0) is 45.0 Å². The zero-order chi connectivity index (χ0) is 13.8. The number of morpholine rings is 1. The smallest absolute Gasteiger partial charge is 0.0726 e. The molecule has 2 N–H and O–H groups in total. The Morgan fingerprint density at radius 1 is 1.26 bits per heavy atom. The highest BCUT2D eigenvalue weighted by Gasteiger charge is 2.22. The van der Waals surface area contributed by atoms with Crippen LogP contribution in [0.1, 0.15) is 20.8 Å². The maximum Gasteiger partial charge on any atom is 0.0726 e. The van der Waals surface area contributed by atoms with Crippen molar-refractivity contribution in [3.8, 4) is 0 Å². The number of nitrogens with zero attached hydrogens (tertiary/aromatic N) is 1. The quantitative estimate of drug-likeness (QED) is 0.874. The molecule has 0 aliphatic carbocycles. The molecule has 0 saturated carbocycles. The lowest BCUT2D eigenvalue weighted by Crippen LogP contribution is -2.45. The van der Waals surface area contributed by atoms with Crippen LogP contribution in [0.15, 0.2) is 24.3 Å². The number of benzene rings is 1. The van der Waals surface area contributed by atoms with E-state index in [1.54, 1.807) is 6.92 Å². The SMILES string of the molecule is CC(O)CNc1ccc(N2C[C@@H](C)O[C@@H](C)C2)cc1. The second-order valence-corrected chi connectivity index (χ2v) is 5.44. The third-order valence-electron chi connectivity index (χ3n) is 3.25. The Kier molecular flexibility index (Phi) is 4.66. The average Bonchev–Trinajstić information content (AvgIpc) is 2.36. The van der Waals surface area contributed by atoms with Gasteiger partial charge in [0.1, 0.15) is 0 Å². The molecule has 0 amide bonds. The Balaban J connectivity index is 1.97. The van der Waals surface area contributed by atoms with Crippen LogP contribution in [0.25, 0.3) is 0 Å². The molecule has 3 atom stereocenters. The van der Waals surface area contributed by atoms with Crippen LogP contribution in [-0.2, 0) is 4.74 Å². The van der Waals surface area contributed by atoms with E-state index in [4.69, 9.17) is 4.74 Å². The molecule has 2 rings (SSSR count). The lowest BCUT2D eigenvalue weighted by Gasteiger charge is -2.36. The summed E-state index contributed by atoms with van der Waals surface area (Å²) in [7, 11) is 0. The Morgan fingerprint density at radius 3 is 2.37 bits per heavy atom. The third-order valence-corrected chi connectivity index (χ3v) is 3.25. The first-order valence-corrected chi connectivity index (χ1v) is 6.97. The average molecular weight is 264 g/mol. The Labute approximate surface area is 115 Å². The largest absolute Gasteiger partial charge is 0.392 e. The van der Waals surface area contributed by atoms with Crippen LogP contribution in [0.4, 0.5) is 11.4 Å². The van der Waals surface area contributed by atoms with Crippen molar-refractivity contribution in [2.45, 2.75) is 39.1 Å². The summed E-state index contributed by atoms with van der Waals surface area (Å²) in [5, 5.41) is 12.4. The standard InChI is InChI=1S/C15H24N2O2/c1-11(18)8-16-14-4-6-15(7-5-14)17-9-12(2)19-13(3)10-17/h4-7,11-13,16,18H,8-10H2,1-3H3/t11?,12-,13+. The number of hydrogen-bond donors (Lipinski definition) is 2. The topological polar surface area (TPSA) is 44.7 Å².